The highest BCUT2D eigenvalue weighted by Gasteiger charge is 2.12. The zero-order valence-electron chi connectivity index (χ0n) is 6.00. The van der Waals surface area contributed by atoms with Gasteiger partial charge in [0, 0.05) is 0 Å². The Hall–Kier alpha value is -1.09. The lowest BCUT2D eigenvalue weighted by Crippen LogP contribution is -1.79. The summed E-state index contributed by atoms with van der Waals surface area (Å²) in [6.45, 7) is 0. The number of oxazole rings is 1. The van der Waals surface area contributed by atoms with Crippen LogP contribution < -0.4 is 0 Å². The van der Waals surface area contributed by atoms with Crippen LogP contribution in [0.2, 0.25) is 0 Å². The SMILES string of the molecule is FC(Cl)c1nc2ccccc2o1. The van der Waals surface area contributed by atoms with E-state index in [2.05, 4.69) is 4.98 Å². The van der Waals surface area contributed by atoms with E-state index in [9.17, 15) is 4.39 Å². The molecule has 0 saturated heterocycles. The van der Waals surface area contributed by atoms with Crippen LogP contribution in [0.25, 0.3) is 11.1 Å². The second-order valence-electron chi connectivity index (χ2n) is 2.32. The fourth-order valence-corrected chi connectivity index (χ4v) is 1.08. The van der Waals surface area contributed by atoms with E-state index in [0.717, 1.165) is 0 Å². The second-order valence-corrected chi connectivity index (χ2v) is 2.70. The van der Waals surface area contributed by atoms with Gasteiger partial charge in [0.25, 0.3) is 0 Å². The van der Waals surface area contributed by atoms with E-state index in [-0.39, 0.29) is 5.89 Å². The number of aromatic nitrogens is 1. The highest BCUT2D eigenvalue weighted by molar-refractivity contribution is 6.19. The molecule has 0 aliphatic carbocycles. The van der Waals surface area contributed by atoms with Crippen molar-refractivity contribution in [2.75, 3.05) is 0 Å². The van der Waals surface area contributed by atoms with Crippen molar-refractivity contribution in [1.29, 1.82) is 0 Å². The average molecular weight is 186 g/mol. The Morgan fingerprint density at radius 2 is 2.17 bits per heavy atom. The summed E-state index contributed by atoms with van der Waals surface area (Å²) in [6, 6.07) is 7.04. The minimum atomic E-state index is -1.67. The summed E-state index contributed by atoms with van der Waals surface area (Å²) in [5.74, 6) is -0.0853. The van der Waals surface area contributed by atoms with E-state index in [4.69, 9.17) is 16.0 Å². The molecule has 1 aromatic heterocycles. The maximum atomic E-state index is 12.5. The molecule has 0 saturated carbocycles. The van der Waals surface area contributed by atoms with Crippen molar-refractivity contribution in [2.45, 2.75) is 5.63 Å². The highest BCUT2D eigenvalue weighted by Crippen LogP contribution is 2.24. The van der Waals surface area contributed by atoms with Gasteiger partial charge in [0.05, 0.1) is 0 Å². The maximum absolute atomic E-state index is 12.5. The summed E-state index contributed by atoms with van der Waals surface area (Å²) in [7, 11) is 0. The smallest absolute Gasteiger partial charge is 0.249 e. The Bertz CT molecular complexity index is 366. The van der Waals surface area contributed by atoms with Crippen LogP contribution in [0.1, 0.15) is 11.5 Å². The van der Waals surface area contributed by atoms with Crippen LogP contribution in [0.4, 0.5) is 4.39 Å². The molecule has 0 radical (unpaired) electrons. The molecule has 0 amide bonds. The van der Waals surface area contributed by atoms with Crippen LogP contribution in [-0.2, 0) is 0 Å². The quantitative estimate of drug-likeness (QED) is 0.639. The number of para-hydroxylation sites is 2. The van der Waals surface area contributed by atoms with Crippen molar-refractivity contribution in [3.05, 3.63) is 30.2 Å². The van der Waals surface area contributed by atoms with Gasteiger partial charge < -0.3 is 4.42 Å². The molecular weight excluding hydrogens is 181 g/mol. The summed E-state index contributed by atoms with van der Waals surface area (Å²) < 4.78 is 17.5. The largest absolute Gasteiger partial charge is 0.436 e. The van der Waals surface area contributed by atoms with Gasteiger partial charge >= 0.3 is 0 Å². The molecule has 0 N–H and O–H groups in total. The van der Waals surface area contributed by atoms with Gasteiger partial charge in [-0.25, -0.2) is 9.37 Å². The Balaban J connectivity index is 2.62. The van der Waals surface area contributed by atoms with Crippen LogP contribution in [0, 0.1) is 0 Å². The lowest BCUT2D eigenvalue weighted by molar-refractivity contribution is 0.374. The number of benzene rings is 1. The van der Waals surface area contributed by atoms with Crippen molar-refractivity contribution in [3.63, 3.8) is 0 Å². The number of alkyl halides is 2. The van der Waals surface area contributed by atoms with E-state index in [1.54, 1.807) is 24.3 Å². The zero-order valence-corrected chi connectivity index (χ0v) is 6.75. The highest BCUT2D eigenvalue weighted by atomic mass is 35.5. The van der Waals surface area contributed by atoms with Crippen molar-refractivity contribution >= 4 is 22.7 Å². The third kappa shape index (κ3) is 1.16. The van der Waals surface area contributed by atoms with E-state index in [1.807, 2.05) is 0 Å². The summed E-state index contributed by atoms with van der Waals surface area (Å²) in [6.07, 6.45) is 0. The molecule has 4 heteroatoms. The Labute approximate surface area is 73.0 Å². The van der Waals surface area contributed by atoms with E-state index >= 15 is 0 Å². The standard InChI is InChI=1S/C8H5ClFNO/c9-7(10)8-11-5-3-1-2-4-6(5)12-8/h1-4,7H. The van der Waals surface area contributed by atoms with E-state index < -0.39 is 5.63 Å². The third-order valence-corrected chi connectivity index (χ3v) is 1.68. The van der Waals surface area contributed by atoms with Gasteiger partial charge in [-0.15, -0.1) is 0 Å². The molecule has 0 spiro atoms. The lowest BCUT2D eigenvalue weighted by Gasteiger charge is -1.87. The molecule has 1 atom stereocenters. The number of fused-ring (bicyclic) bond motifs is 1. The van der Waals surface area contributed by atoms with Crippen LogP contribution >= 0.6 is 11.6 Å². The molecular formula is C8H5ClFNO. The number of hydrogen-bond donors (Lipinski definition) is 0. The fourth-order valence-electron chi connectivity index (χ4n) is 0.983. The van der Waals surface area contributed by atoms with Gasteiger partial charge in [-0.1, -0.05) is 23.7 Å². The van der Waals surface area contributed by atoms with Crippen LogP contribution in [0.15, 0.2) is 28.7 Å². The molecule has 62 valence electrons. The lowest BCUT2D eigenvalue weighted by atomic mass is 10.3. The van der Waals surface area contributed by atoms with Crippen LogP contribution in [0.3, 0.4) is 0 Å². The monoisotopic (exact) mass is 185 g/mol. The third-order valence-electron chi connectivity index (χ3n) is 1.50. The zero-order chi connectivity index (χ0) is 8.55. The Morgan fingerprint density at radius 1 is 1.42 bits per heavy atom. The van der Waals surface area contributed by atoms with Crippen molar-refractivity contribution < 1.29 is 8.81 Å². The summed E-state index contributed by atoms with van der Waals surface area (Å²) in [5.41, 5.74) is -0.496. The Kier molecular flexibility index (Phi) is 1.73. The molecule has 0 aliphatic heterocycles. The summed E-state index contributed by atoms with van der Waals surface area (Å²) >= 11 is 5.15. The van der Waals surface area contributed by atoms with Crippen LogP contribution in [0.5, 0.6) is 0 Å². The number of halogens is 2. The Morgan fingerprint density at radius 3 is 2.83 bits per heavy atom. The molecule has 1 aromatic carbocycles. The van der Waals surface area contributed by atoms with E-state index in [0.29, 0.717) is 11.1 Å². The van der Waals surface area contributed by atoms with Gasteiger partial charge in [-0.3, -0.25) is 0 Å². The first-order chi connectivity index (χ1) is 5.77. The molecule has 2 nitrogen and oxygen atoms in total. The van der Waals surface area contributed by atoms with Crippen molar-refractivity contribution in [2.24, 2.45) is 0 Å². The maximum Gasteiger partial charge on any atom is 0.249 e. The molecule has 2 rings (SSSR count). The topological polar surface area (TPSA) is 26.0 Å². The van der Waals surface area contributed by atoms with Crippen LogP contribution in [-0.4, -0.2) is 4.98 Å². The molecule has 0 fully saturated rings. The number of nitrogens with zero attached hydrogens (tertiary/aromatic N) is 1. The molecule has 0 bridgehead atoms. The predicted octanol–water partition coefficient (Wildman–Crippen LogP) is 3.03. The van der Waals surface area contributed by atoms with E-state index in [1.165, 1.54) is 0 Å². The minimum absolute atomic E-state index is 0.0853. The number of rotatable bonds is 1. The molecule has 0 aliphatic rings. The van der Waals surface area contributed by atoms with Gasteiger partial charge in [-0.05, 0) is 12.1 Å². The number of hydrogen-bond acceptors (Lipinski definition) is 2. The molecule has 2 aromatic rings. The first kappa shape index (κ1) is 7.55. The van der Waals surface area contributed by atoms with Crippen molar-refractivity contribution in [3.8, 4) is 0 Å². The summed E-state index contributed by atoms with van der Waals surface area (Å²) in [4.78, 5) is 3.84. The first-order valence-electron chi connectivity index (χ1n) is 3.41. The molecule has 1 unspecified atom stereocenters. The predicted molar refractivity (Wildman–Crippen MR) is 43.7 cm³/mol. The van der Waals surface area contributed by atoms with Gasteiger partial charge in [-0.2, -0.15) is 0 Å². The normalized spacial score (nSPS) is 13.5. The van der Waals surface area contributed by atoms with Gasteiger partial charge in [0.1, 0.15) is 5.52 Å². The second kappa shape index (κ2) is 2.75. The average Bonchev–Trinajstić information content (AvgIpc) is 2.46. The fraction of sp³-hybridized carbons (Fsp3) is 0.125. The summed E-state index contributed by atoms with van der Waals surface area (Å²) in [5, 5.41) is 0. The van der Waals surface area contributed by atoms with Gasteiger partial charge in [0.2, 0.25) is 11.5 Å². The molecule has 1 heterocycles. The van der Waals surface area contributed by atoms with Gasteiger partial charge in [0.15, 0.2) is 5.58 Å². The molecule has 12 heavy (non-hydrogen) atoms. The van der Waals surface area contributed by atoms with Crippen molar-refractivity contribution in [1.82, 2.24) is 4.98 Å². The first-order valence-corrected chi connectivity index (χ1v) is 3.84. The minimum Gasteiger partial charge on any atom is -0.436 e.